The fraction of sp³-hybridized carbons (Fsp3) is 0.263. The molecule has 0 amide bonds. The Morgan fingerprint density at radius 2 is 2.05 bits per heavy atom. The van der Waals surface area contributed by atoms with Crippen molar-refractivity contribution in [3.05, 3.63) is 72.0 Å². The smallest absolute Gasteiger partial charge is 0.127 e. The average Bonchev–Trinajstić information content (AvgIpc) is 2.58. The van der Waals surface area contributed by atoms with Gasteiger partial charge in [-0.1, -0.05) is 36.4 Å². The van der Waals surface area contributed by atoms with Gasteiger partial charge in [-0.15, -0.1) is 0 Å². The minimum atomic E-state index is 0.0665. The van der Waals surface area contributed by atoms with Gasteiger partial charge in [-0.3, -0.25) is 0 Å². The lowest BCUT2D eigenvalue weighted by Gasteiger charge is -2.24. The van der Waals surface area contributed by atoms with Crippen molar-refractivity contribution < 1.29 is 14.2 Å². The van der Waals surface area contributed by atoms with E-state index in [1.807, 2.05) is 36.4 Å². The van der Waals surface area contributed by atoms with Crippen LogP contribution in [0.3, 0.4) is 0 Å². The number of hydrogen-bond acceptors (Lipinski definition) is 3. The van der Waals surface area contributed by atoms with Crippen LogP contribution in [0.5, 0.6) is 11.5 Å². The molecular formula is C19H20O3. The van der Waals surface area contributed by atoms with Crippen molar-refractivity contribution in [2.24, 2.45) is 0 Å². The molecule has 0 aliphatic carbocycles. The number of rotatable bonds is 5. The van der Waals surface area contributed by atoms with E-state index in [0.717, 1.165) is 29.9 Å². The van der Waals surface area contributed by atoms with Crippen molar-refractivity contribution in [1.82, 2.24) is 0 Å². The minimum Gasteiger partial charge on any atom is -0.505 e. The second-order valence-corrected chi connectivity index (χ2v) is 5.30. The van der Waals surface area contributed by atoms with E-state index in [1.165, 1.54) is 5.56 Å². The molecule has 0 saturated heterocycles. The van der Waals surface area contributed by atoms with Crippen molar-refractivity contribution in [1.29, 1.82) is 0 Å². The highest BCUT2D eigenvalue weighted by Gasteiger charge is 2.18. The quantitative estimate of drug-likeness (QED) is 0.777. The molecule has 22 heavy (non-hydrogen) atoms. The zero-order valence-corrected chi connectivity index (χ0v) is 12.7. The second-order valence-electron chi connectivity index (χ2n) is 5.30. The fourth-order valence-electron chi connectivity index (χ4n) is 2.50. The summed E-state index contributed by atoms with van der Waals surface area (Å²) in [5.41, 5.74) is 2.39. The largest absolute Gasteiger partial charge is 0.505 e. The Labute approximate surface area is 131 Å². The number of methoxy groups -OCH3 is 1. The van der Waals surface area contributed by atoms with Gasteiger partial charge in [0.15, 0.2) is 0 Å². The van der Waals surface area contributed by atoms with E-state index < -0.39 is 0 Å². The number of hydrogen-bond donors (Lipinski definition) is 0. The molecule has 3 rings (SSSR count). The third kappa shape index (κ3) is 3.61. The lowest BCUT2D eigenvalue weighted by Crippen LogP contribution is -2.20. The molecule has 1 aliphatic rings. The maximum absolute atomic E-state index is 5.98. The lowest BCUT2D eigenvalue weighted by molar-refractivity contribution is 0.211. The van der Waals surface area contributed by atoms with Crippen LogP contribution in [-0.2, 0) is 17.8 Å². The SMILES string of the molecule is CO/C=C/C1CCc2ccc(OCc3ccccc3)cc2O1. The zero-order valence-electron chi connectivity index (χ0n) is 12.7. The summed E-state index contributed by atoms with van der Waals surface area (Å²) in [6, 6.07) is 16.2. The maximum atomic E-state index is 5.98. The van der Waals surface area contributed by atoms with Crippen molar-refractivity contribution >= 4 is 0 Å². The molecule has 114 valence electrons. The van der Waals surface area contributed by atoms with E-state index in [9.17, 15) is 0 Å². The van der Waals surface area contributed by atoms with Crippen LogP contribution in [0, 0.1) is 0 Å². The van der Waals surface area contributed by atoms with Crippen molar-refractivity contribution in [2.75, 3.05) is 7.11 Å². The van der Waals surface area contributed by atoms with Gasteiger partial charge in [-0.25, -0.2) is 0 Å². The molecule has 0 spiro atoms. The van der Waals surface area contributed by atoms with Gasteiger partial charge >= 0.3 is 0 Å². The minimum absolute atomic E-state index is 0.0665. The molecular weight excluding hydrogens is 276 g/mol. The molecule has 0 saturated carbocycles. The molecule has 0 N–H and O–H groups in total. The van der Waals surface area contributed by atoms with Crippen LogP contribution < -0.4 is 9.47 Å². The third-order valence-electron chi connectivity index (χ3n) is 3.69. The van der Waals surface area contributed by atoms with E-state index >= 15 is 0 Å². The Morgan fingerprint density at radius 3 is 2.86 bits per heavy atom. The Morgan fingerprint density at radius 1 is 1.18 bits per heavy atom. The number of fused-ring (bicyclic) bond motifs is 1. The van der Waals surface area contributed by atoms with Gasteiger partial charge in [0.2, 0.25) is 0 Å². The highest BCUT2D eigenvalue weighted by atomic mass is 16.5. The summed E-state index contributed by atoms with van der Waals surface area (Å²) in [5.74, 6) is 1.74. The van der Waals surface area contributed by atoms with Crippen molar-refractivity contribution in [2.45, 2.75) is 25.6 Å². The van der Waals surface area contributed by atoms with Gasteiger partial charge in [0.05, 0.1) is 13.4 Å². The molecule has 1 atom stereocenters. The molecule has 0 bridgehead atoms. The van der Waals surface area contributed by atoms with E-state index in [1.54, 1.807) is 13.4 Å². The summed E-state index contributed by atoms with van der Waals surface area (Å²) in [6.45, 7) is 0.562. The van der Waals surface area contributed by atoms with Gasteiger partial charge in [0.25, 0.3) is 0 Å². The topological polar surface area (TPSA) is 27.7 Å². The Bertz CT molecular complexity index is 634. The van der Waals surface area contributed by atoms with Gasteiger partial charge in [0, 0.05) is 6.07 Å². The average molecular weight is 296 g/mol. The Balaban J connectivity index is 1.67. The standard InChI is InChI=1S/C19H20O3/c1-20-12-11-17-9-7-16-8-10-18(13-19(16)22-17)21-14-15-5-3-2-4-6-15/h2-6,8,10-13,17H,7,9,14H2,1H3/b12-11+. The second kappa shape index (κ2) is 7.03. The molecule has 1 heterocycles. The normalized spacial score (nSPS) is 16.9. The Hall–Kier alpha value is -2.42. The van der Waals surface area contributed by atoms with E-state index in [-0.39, 0.29) is 6.10 Å². The first-order valence-corrected chi connectivity index (χ1v) is 7.51. The zero-order chi connectivity index (χ0) is 15.2. The maximum Gasteiger partial charge on any atom is 0.127 e. The predicted molar refractivity (Wildman–Crippen MR) is 86.1 cm³/mol. The van der Waals surface area contributed by atoms with Crippen LogP contribution in [0.25, 0.3) is 0 Å². The van der Waals surface area contributed by atoms with Crippen LogP contribution in [0.1, 0.15) is 17.5 Å². The van der Waals surface area contributed by atoms with E-state index in [4.69, 9.17) is 14.2 Å². The van der Waals surface area contributed by atoms with Gasteiger partial charge in [-0.05, 0) is 36.1 Å². The predicted octanol–water partition coefficient (Wildman–Crippen LogP) is 4.12. The molecule has 2 aromatic rings. The molecule has 0 aromatic heterocycles. The van der Waals surface area contributed by atoms with Crippen LogP contribution in [0.2, 0.25) is 0 Å². The molecule has 0 radical (unpaired) electrons. The first-order chi connectivity index (χ1) is 10.8. The molecule has 3 nitrogen and oxygen atoms in total. The van der Waals surface area contributed by atoms with Crippen molar-refractivity contribution in [3.63, 3.8) is 0 Å². The summed E-state index contributed by atoms with van der Waals surface area (Å²) in [5, 5.41) is 0. The summed E-state index contributed by atoms with van der Waals surface area (Å²) < 4.78 is 16.8. The Kier molecular flexibility index (Phi) is 4.64. The molecule has 3 heteroatoms. The number of benzene rings is 2. The van der Waals surface area contributed by atoms with Crippen LogP contribution in [0.15, 0.2) is 60.9 Å². The summed E-state index contributed by atoms with van der Waals surface area (Å²) in [6.07, 6.45) is 5.66. The van der Waals surface area contributed by atoms with E-state index in [2.05, 4.69) is 18.2 Å². The lowest BCUT2D eigenvalue weighted by atomic mass is 10.0. The number of aryl methyl sites for hydroxylation is 1. The van der Waals surface area contributed by atoms with Gasteiger partial charge in [-0.2, -0.15) is 0 Å². The highest BCUT2D eigenvalue weighted by molar-refractivity contribution is 5.42. The molecule has 0 fully saturated rings. The summed E-state index contributed by atoms with van der Waals surface area (Å²) >= 11 is 0. The van der Waals surface area contributed by atoms with Crippen LogP contribution in [0.4, 0.5) is 0 Å². The summed E-state index contributed by atoms with van der Waals surface area (Å²) in [7, 11) is 1.64. The van der Waals surface area contributed by atoms with E-state index in [0.29, 0.717) is 6.61 Å². The molecule has 1 aliphatic heterocycles. The highest BCUT2D eigenvalue weighted by Crippen LogP contribution is 2.32. The summed E-state index contributed by atoms with van der Waals surface area (Å²) in [4.78, 5) is 0. The van der Waals surface area contributed by atoms with Crippen LogP contribution in [-0.4, -0.2) is 13.2 Å². The fourth-order valence-corrected chi connectivity index (χ4v) is 2.50. The van der Waals surface area contributed by atoms with Gasteiger partial charge < -0.3 is 14.2 Å². The number of ether oxygens (including phenoxy) is 3. The molecule has 1 unspecified atom stereocenters. The first kappa shape index (κ1) is 14.5. The first-order valence-electron chi connectivity index (χ1n) is 7.51. The monoisotopic (exact) mass is 296 g/mol. The van der Waals surface area contributed by atoms with Crippen LogP contribution >= 0.6 is 0 Å². The molecule has 2 aromatic carbocycles. The van der Waals surface area contributed by atoms with Gasteiger partial charge in [0.1, 0.15) is 24.2 Å². The van der Waals surface area contributed by atoms with Crippen molar-refractivity contribution in [3.8, 4) is 11.5 Å². The third-order valence-corrected chi connectivity index (χ3v) is 3.69.